The third-order valence-electron chi connectivity index (χ3n) is 3.23. The quantitative estimate of drug-likeness (QED) is 0.767. The molecule has 94 valence electrons. The lowest BCUT2D eigenvalue weighted by atomic mass is 10.2. The van der Waals surface area contributed by atoms with E-state index in [2.05, 4.69) is 33.5 Å². The molecule has 0 radical (unpaired) electrons. The molecule has 0 spiro atoms. The van der Waals surface area contributed by atoms with Gasteiger partial charge >= 0.3 is 0 Å². The molecule has 1 aliphatic rings. The number of rotatable bonds is 5. The van der Waals surface area contributed by atoms with Gasteiger partial charge in [-0.05, 0) is 30.4 Å². The molecular weight excluding hydrogens is 264 g/mol. The zero-order chi connectivity index (χ0) is 12.4. The largest absolute Gasteiger partial charge is 0.363 e. The summed E-state index contributed by atoms with van der Waals surface area (Å²) in [6.45, 7) is 0.982. The normalized spacial score (nSPS) is 14.7. The number of pyridine rings is 1. The predicted molar refractivity (Wildman–Crippen MR) is 77.3 cm³/mol. The Morgan fingerprint density at radius 3 is 2.94 bits per heavy atom. The van der Waals surface area contributed by atoms with E-state index in [4.69, 9.17) is 11.6 Å². The van der Waals surface area contributed by atoms with Crippen molar-refractivity contribution in [1.82, 2.24) is 4.98 Å². The van der Waals surface area contributed by atoms with Gasteiger partial charge in [0.2, 0.25) is 0 Å². The van der Waals surface area contributed by atoms with Crippen molar-refractivity contribution in [2.75, 3.05) is 4.90 Å². The van der Waals surface area contributed by atoms with Crippen LogP contribution in [0.15, 0.2) is 36.0 Å². The number of halogens is 1. The van der Waals surface area contributed by atoms with Crippen molar-refractivity contribution in [2.24, 2.45) is 0 Å². The summed E-state index contributed by atoms with van der Waals surface area (Å²) in [5, 5.41) is 2.13. The molecule has 0 amide bonds. The van der Waals surface area contributed by atoms with Crippen LogP contribution in [-0.2, 0) is 12.4 Å². The highest BCUT2D eigenvalue weighted by atomic mass is 35.5. The van der Waals surface area contributed by atoms with Crippen molar-refractivity contribution >= 4 is 28.6 Å². The van der Waals surface area contributed by atoms with Gasteiger partial charge < -0.3 is 4.90 Å². The first kappa shape index (κ1) is 12.0. The molecule has 0 saturated heterocycles. The highest BCUT2D eigenvalue weighted by molar-refractivity contribution is 7.09. The van der Waals surface area contributed by atoms with E-state index in [1.807, 2.05) is 23.7 Å². The molecule has 0 aromatic carbocycles. The Balaban J connectivity index is 1.89. The second-order valence-electron chi connectivity index (χ2n) is 4.58. The first-order valence-corrected chi connectivity index (χ1v) is 7.58. The number of alkyl halides is 1. The Bertz CT molecular complexity index is 508. The van der Waals surface area contributed by atoms with E-state index >= 15 is 0 Å². The smallest absolute Gasteiger partial charge is 0.0526 e. The third-order valence-corrected chi connectivity index (χ3v) is 4.37. The Labute approximate surface area is 116 Å². The van der Waals surface area contributed by atoms with E-state index in [0.29, 0.717) is 11.9 Å². The number of nitrogens with zero attached hydrogens (tertiary/aromatic N) is 2. The van der Waals surface area contributed by atoms with Crippen LogP contribution in [0.3, 0.4) is 0 Å². The van der Waals surface area contributed by atoms with Gasteiger partial charge in [0.15, 0.2) is 0 Å². The maximum atomic E-state index is 6.02. The standard InChI is InChI=1S/C14H15ClN2S/c15-8-11-9-16-6-5-14(11)17(12-3-4-12)10-13-2-1-7-18-13/h1-2,5-7,9,12H,3-4,8,10H2. The summed E-state index contributed by atoms with van der Waals surface area (Å²) in [5.74, 6) is 0.525. The third kappa shape index (κ3) is 2.52. The molecule has 1 saturated carbocycles. The second kappa shape index (κ2) is 5.29. The van der Waals surface area contributed by atoms with Crippen LogP contribution < -0.4 is 4.90 Å². The van der Waals surface area contributed by atoms with Gasteiger partial charge in [0.1, 0.15) is 0 Å². The minimum Gasteiger partial charge on any atom is -0.363 e. The molecule has 0 N–H and O–H groups in total. The van der Waals surface area contributed by atoms with Crippen molar-refractivity contribution in [2.45, 2.75) is 31.3 Å². The molecule has 2 aromatic heterocycles. The fourth-order valence-electron chi connectivity index (χ4n) is 2.17. The zero-order valence-corrected chi connectivity index (χ0v) is 11.6. The van der Waals surface area contributed by atoms with Gasteiger partial charge in [-0.3, -0.25) is 4.98 Å². The van der Waals surface area contributed by atoms with E-state index in [9.17, 15) is 0 Å². The predicted octanol–water partition coefficient (Wildman–Crippen LogP) is 4.05. The van der Waals surface area contributed by atoms with Gasteiger partial charge in [0.05, 0.1) is 12.4 Å². The first-order chi connectivity index (χ1) is 8.88. The summed E-state index contributed by atoms with van der Waals surface area (Å²) in [7, 11) is 0. The molecule has 4 heteroatoms. The lowest BCUT2D eigenvalue weighted by Crippen LogP contribution is -2.25. The molecule has 2 aromatic rings. The summed E-state index contributed by atoms with van der Waals surface area (Å²) in [6, 6.07) is 7.07. The SMILES string of the molecule is ClCc1cnccc1N(Cc1cccs1)C1CC1. The van der Waals surface area contributed by atoms with Crippen LogP contribution in [0.2, 0.25) is 0 Å². The van der Waals surface area contributed by atoms with Gasteiger partial charge in [-0.2, -0.15) is 0 Å². The molecule has 2 heterocycles. The Hall–Kier alpha value is -1.06. The molecule has 0 unspecified atom stereocenters. The Morgan fingerprint density at radius 2 is 2.28 bits per heavy atom. The van der Waals surface area contributed by atoms with Crippen LogP contribution >= 0.6 is 22.9 Å². The monoisotopic (exact) mass is 278 g/mol. The van der Waals surface area contributed by atoms with Crippen molar-refractivity contribution < 1.29 is 0 Å². The molecule has 18 heavy (non-hydrogen) atoms. The van der Waals surface area contributed by atoms with Gasteiger partial charge in [0, 0.05) is 34.6 Å². The van der Waals surface area contributed by atoms with Crippen molar-refractivity contribution in [3.63, 3.8) is 0 Å². The van der Waals surface area contributed by atoms with Gasteiger partial charge in [0.25, 0.3) is 0 Å². The highest BCUT2D eigenvalue weighted by Crippen LogP contribution is 2.35. The van der Waals surface area contributed by atoms with Crippen LogP contribution in [0.5, 0.6) is 0 Å². The van der Waals surface area contributed by atoms with E-state index in [1.165, 1.54) is 23.4 Å². The molecule has 0 aliphatic heterocycles. The summed E-state index contributed by atoms with van der Waals surface area (Å²) in [6.07, 6.45) is 6.31. The zero-order valence-electron chi connectivity index (χ0n) is 10.1. The fraction of sp³-hybridized carbons (Fsp3) is 0.357. The maximum absolute atomic E-state index is 6.02. The summed E-state index contributed by atoms with van der Waals surface area (Å²) < 4.78 is 0. The van der Waals surface area contributed by atoms with Crippen LogP contribution in [0.25, 0.3) is 0 Å². The Kier molecular flexibility index (Phi) is 3.52. The number of anilines is 1. The van der Waals surface area contributed by atoms with Crippen LogP contribution in [0.1, 0.15) is 23.3 Å². The van der Waals surface area contributed by atoms with Crippen LogP contribution in [0, 0.1) is 0 Å². The molecule has 0 atom stereocenters. The van der Waals surface area contributed by atoms with Crippen LogP contribution in [0.4, 0.5) is 5.69 Å². The van der Waals surface area contributed by atoms with Crippen molar-refractivity contribution in [1.29, 1.82) is 0 Å². The topological polar surface area (TPSA) is 16.1 Å². The maximum Gasteiger partial charge on any atom is 0.0526 e. The van der Waals surface area contributed by atoms with Gasteiger partial charge in [-0.25, -0.2) is 0 Å². The van der Waals surface area contributed by atoms with Crippen molar-refractivity contribution in [3.8, 4) is 0 Å². The van der Waals surface area contributed by atoms with E-state index in [0.717, 1.165) is 12.1 Å². The molecule has 2 nitrogen and oxygen atoms in total. The molecule has 3 rings (SSSR count). The first-order valence-electron chi connectivity index (χ1n) is 6.16. The number of thiophene rings is 1. The second-order valence-corrected chi connectivity index (χ2v) is 5.88. The summed E-state index contributed by atoms with van der Waals surface area (Å²) >= 11 is 7.83. The summed E-state index contributed by atoms with van der Waals surface area (Å²) in [4.78, 5) is 8.05. The Morgan fingerprint density at radius 1 is 1.39 bits per heavy atom. The molecule has 1 fully saturated rings. The fourth-order valence-corrected chi connectivity index (χ4v) is 3.08. The molecule has 0 bridgehead atoms. The van der Waals surface area contributed by atoms with Gasteiger partial charge in [-0.15, -0.1) is 22.9 Å². The van der Waals surface area contributed by atoms with Crippen molar-refractivity contribution in [3.05, 3.63) is 46.4 Å². The lowest BCUT2D eigenvalue weighted by molar-refractivity contribution is 0.797. The lowest BCUT2D eigenvalue weighted by Gasteiger charge is -2.26. The highest BCUT2D eigenvalue weighted by Gasteiger charge is 2.30. The summed E-state index contributed by atoms with van der Waals surface area (Å²) in [5.41, 5.74) is 2.37. The molecule has 1 aliphatic carbocycles. The average molecular weight is 279 g/mol. The van der Waals surface area contributed by atoms with Gasteiger partial charge in [-0.1, -0.05) is 6.07 Å². The van der Waals surface area contributed by atoms with E-state index in [1.54, 1.807) is 0 Å². The van der Waals surface area contributed by atoms with E-state index < -0.39 is 0 Å². The number of hydrogen-bond acceptors (Lipinski definition) is 3. The van der Waals surface area contributed by atoms with E-state index in [-0.39, 0.29) is 0 Å². The van der Waals surface area contributed by atoms with Crippen LogP contribution in [-0.4, -0.2) is 11.0 Å². The minimum atomic E-state index is 0.525. The molecular formula is C14H15ClN2S. The number of aromatic nitrogens is 1. The number of hydrogen-bond donors (Lipinski definition) is 0. The minimum absolute atomic E-state index is 0.525. The average Bonchev–Trinajstić information content (AvgIpc) is 3.13.